The van der Waals surface area contributed by atoms with Crippen LogP contribution >= 0.6 is 0 Å². The van der Waals surface area contributed by atoms with Crippen molar-refractivity contribution in [1.82, 2.24) is 16.0 Å². The fraction of sp³-hybridized carbons (Fsp3) is 1.00. The van der Waals surface area contributed by atoms with Crippen LogP contribution in [0.2, 0.25) is 0 Å². The Morgan fingerprint density at radius 3 is 1.63 bits per heavy atom. The monoisotopic (exact) mass is 425 g/mol. The predicted octanol–water partition coefficient (Wildman–Crippen LogP) is 6.92. The Hall–Kier alpha value is -0.120. The molecule has 0 rings (SSSR count). The summed E-state index contributed by atoms with van der Waals surface area (Å²) in [6, 6.07) is 1.48. The van der Waals surface area contributed by atoms with Gasteiger partial charge in [-0.25, -0.2) is 0 Å². The summed E-state index contributed by atoms with van der Waals surface area (Å²) in [5, 5.41) is 11.0. The number of rotatable bonds is 23. The van der Waals surface area contributed by atoms with Crippen LogP contribution in [0.15, 0.2) is 0 Å². The van der Waals surface area contributed by atoms with Gasteiger partial charge in [-0.1, -0.05) is 86.5 Å². The zero-order chi connectivity index (χ0) is 22.5. The molecule has 0 bridgehead atoms. The Kier molecular flexibility index (Phi) is 22.0. The van der Waals surface area contributed by atoms with Crippen molar-refractivity contribution in [3.05, 3.63) is 0 Å². The highest BCUT2D eigenvalue weighted by molar-refractivity contribution is 4.70. The van der Waals surface area contributed by atoms with Crippen molar-refractivity contribution in [3.63, 3.8) is 0 Å². The minimum Gasteiger partial charge on any atom is -0.317 e. The molecule has 0 aliphatic heterocycles. The minimum atomic E-state index is 0.742. The molecular weight excluding hydrogens is 366 g/mol. The van der Waals surface area contributed by atoms with Crippen LogP contribution in [0.4, 0.5) is 0 Å². The molecule has 3 nitrogen and oxygen atoms in total. The maximum atomic E-state index is 3.67. The first-order chi connectivity index (χ1) is 14.6. The van der Waals surface area contributed by atoms with Crippen molar-refractivity contribution in [2.45, 2.75) is 137 Å². The van der Waals surface area contributed by atoms with Crippen LogP contribution in [0.25, 0.3) is 0 Å². The van der Waals surface area contributed by atoms with Crippen molar-refractivity contribution in [3.8, 4) is 0 Å². The summed E-state index contributed by atoms with van der Waals surface area (Å²) in [4.78, 5) is 0. The molecule has 4 unspecified atom stereocenters. The van der Waals surface area contributed by atoms with Crippen LogP contribution in [0, 0.1) is 11.8 Å². The van der Waals surface area contributed by atoms with E-state index in [1.165, 1.54) is 90.0 Å². The number of unbranched alkanes of at least 4 members (excludes halogenated alkanes) is 1. The van der Waals surface area contributed by atoms with Gasteiger partial charge in [-0.3, -0.25) is 0 Å². The highest BCUT2D eigenvalue weighted by Gasteiger charge is 2.13. The second-order valence-corrected chi connectivity index (χ2v) is 9.66. The zero-order valence-electron chi connectivity index (χ0n) is 21.8. The summed E-state index contributed by atoms with van der Waals surface area (Å²) in [6.45, 7) is 18.4. The molecule has 0 aliphatic rings. The number of hydrogen-bond acceptors (Lipinski definition) is 3. The van der Waals surface area contributed by atoms with Crippen molar-refractivity contribution in [2.24, 2.45) is 11.8 Å². The third kappa shape index (κ3) is 17.5. The van der Waals surface area contributed by atoms with E-state index in [0.717, 1.165) is 43.6 Å². The SMILES string of the molecule is CCCC(CCCCC(CCC(C)CCCC(CCC)NCC)CNCC)NCC. The highest BCUT2D eigenvalue weighted by atomic mass is 14.9. The molecule has 3 heteroatoms. The lowest BCUT2D eigenvalue weighted by Crippen LogP contribution is -2.28. The van der Waals surface area contributed by atoms with Gasteiger partial charge in [0.1, 0.15) is 0 Å². The maximum Gasteiger partial charge on any atom is 0.00668 e. The van der Waals surface area contributed by atoms with Crippen molar-refractivity contribution in [2.75, 3.05) is 26.2 Å². The van der Waals surface area contributed by atoms with E-state index < -0.39 is 0 Å². The topological polar surface area (TPSA) is 36.1 Å². The Morgan fingerprint density at radius 1 is 0.533 bits per heavy atom. The Morgan fingerprint density at radius 2 is 1.10 bits per heavy atom. The van der Waals surface area contributed by atoms with Crippen LogP contribution in [0.5, 0.6) is 0 Å². The summed E-state index contributed by atoms with van der Waals surface area (Å²) in [5.41, 5.74) is 0. The van der Waals surface area contributed by atoms with Gasteiger partial charge < -0.3 is 16.0 Å². The Balaban J connectivity index is 4.13. The molecule has 0 aromatic rings. The van der Waals surface area contributed by atoms with E-state index in [0.29, 0.717) is 0 Å². The standard InChI is InChI=1S/C27H59N3/c1-7-15-26(29-10-4)19-13-12-18-25(23-28-9-3)22-21-24(6)17-14-20-27(16-8-2)30-11-5/h24-30H,7-23H2,1-6H3. The molecule has 0 aromatic carbocycles. The van der Waals surface area contributed by atoms with E-state index in [1.807, 2.05) is 0 Å². The largest absolute Gasteiger partial charge is 0.317 e. The van der Waals surface area contributed by atoms with Crippen molar-refractivity contribution >= 4 is 0 Å². The lowest BCUT2D eigenvalue weighted by atomic mass is 9.89. The average Bonchev–Trinajstić information content (AvgIpc) is 2.73. The summed E-state index contributed by atoms with van der Waals surface area (Å²) >= 11 is 0. The van der Waals surface area contributed by atoms with Gasteiger partial charge in [0.15, 0.2) is 0 Å². The Labute approximate surface area is 191 Å². The molecule has 0 aliphatic carbocycles. The van der Waals surface area contributed by atoms with E-state index in [-0.39, 0.29) is 0 Å². The summed E-state index contributed by atoms with van der Waals surface area (Å²) in [6.07, 6.45) is 17.8. The molecule has 0 radical (unpaired) electrons. The van der Waals surface area contributed by atoms with Gasteiger partial charge in [0.05, 0.1) is 0 Å². The molecule has 182 valence electrons. The fourth-order valence-corrected chi connectivity index (χ4v) is 4.87. The summed E-state index contributed by atoms with van der Waals surface area (Å²) < 4.78 is 0. The second kappa shape index (κ2) is 22.1. The van der Waals surface area contributed by atoms with Gasteiger partial charge in [-0.05, 0) is 76.5 Å². The number of nitrogens with one attached hydrogen (secondary N) is 3. The lowest BCUT2D eigenvalue weighted by Gasteiger charge is -2.22. The first kappa shape index (κ1) is 29.9. The molecule has 0 saturated heterocycles. The first-order valence-electron chi connectivity index (χ1n) is 13.8. The third-order valence-corrected chi connectivity index (χ3v) is 6.68. The zero-order valence-corrected chi connectivity index (χ0v) is 21.8. The van der Waals surface area contributed by atoms with E-state index in [4.69, 9.17) is 0 Å². The van der Waals surface area contributed by atoms with Gasteiger partial charge >= 0.3 is 0 Å². The van der Waals surface area contributed by atoms with Crippen molar-refractivity contribution < 1.29 is 0 Å². The smallest absolute Gasteiger partial charge is 0.00668 e. The van der Waals surface area contributed by atoms with Crippen LogP contribution in [-0.4, -0.2) is 38.3 Å². The van der Waals surface area contributed by atoms with Crippen LogP contribution in [0.1, 0.15) is 125 Å². The second-order valence-electron chi connectivity index (χ2n) is 9.66. The predicted molar refractivity (Wildman–Crippen MR) is 137 cm³/mol. The van der Waals surface area contributed by atoms with E-state index in [9.17, 15) is 0 Å². The molecule has 0 heterocycles. The van der Waals surface area contributed by atoms with Gasteiger partial charge in [-0.2, -0.15) is 0 Å². The first-order valence-corrected chi connectivity index (χ1v) is 13.8. The van der Waals surface area contributed by atoms with Crippen molar-refractivity contribution in [1.29, 1.82) is 0 Å². The molecule has 0 saturated carbocycles. The Bertz CT molecular complexity index is 322. The molecule has 0 fully saturated rings. The minimum absolute atomic E-state index is 0.742. The van der Waals surface area contributed by atoms with Gasteiger partial charge in [0.25, 0.3) is 0 Å². The quantitative estimate of drug-likeness (QED) is 0.156. The summed E-state index contributed by atoms with van der Waals surface area (Å²) in [7, 11) is 0. The maximum absolute atomic E-state index is 3.67. The van der Waals surface area contributed by atoms with E-state index >= 15 is 0 Å². The molecule has 0 amide bonds. The molecular formula is C27H59N3. The average molecular weight is 426 g/mol. The molecule has 0 aromatic heterocycles. The normalized spacial score (nSPS) is 15.8. The number of hydrogen-bond donors (Lipinski definition) is 3. The lowest BCUT2D eigenvalue weighted by molar-refractivity contribution is 0.338. The van der Waals surface area contributed by atoms with Gasteiger partial charge in [-0.15, -0.1) is 0 Å². The molecule has 30 heavy (non-hydrogen) atoms. The fourth-order valence-electron chi connectivity index (χ4n) is 4.87. The van der Waals surface area contributed by atoms with Gasteiger partial charge in [0.2, 0.25) is 0 Å². The highest BCUT2D eigenvalue weighted by Crippen LogP contribution is 2.22. The van der Waals surface area contributed by atoms with Crippen LogP contribution < -0.4 is 16.0 Å². The van der Waals surface area contributed by atoms with Crippen LogP contribution in [0.3, 0.4) is 0 Å². The summed E-state index contributed by atoms with van der Waals surface area (Å²) in [5.74, 6) is 1.74. The molecule has 0 spiro atoms. The molecule has 4 atom stereocenters. The van der Waals surface area contributed by atoms with E-state index in [2.05, 4.69) is 57.5 Å². The van der Waals surface area contributed by atoms with Gasteiger partial charge in [0, 0.05) is 12.1 Å². The van der Waals surface area contributed by atoms with E-state index in [1.54, 1.807) is 0 Å². The van der Waals surface area contributed by atoms with Crippen LogP contribution in [-0.2, 0) is 0 Å². The molecule has 3 N–H and O–H groups in total. The third-order valence-electron chi connectivity index (χ3n) is 6.68.